The van der Waals surface area contributed by atoms with Crippen molar-refractivity contribution in [3.63, 3.8) is 0 Å². The van der Waals surface area contributed by atoms with Gasteiger partial charge in [0.2, 0.25) is 5.79 Å². The summed E-state index contributed by atoms with van der Waals surface area (Å²) in [5.74, 6) is -2.31. The second-order valence-electron chi connectivity index (χ2n) is 6.89. The molecule has 1 saturated heterocycles. The Morgan fingerprint density at radius 1 is 1.07 bits per heavy atom. The van der Waals surface area contributed by atoms with E-state index in [2.05, 4.69) is 6.58 Å². The molecule has 5 unspecified atom stereocenters. The average molecular weight is 407 g/mol. The van der Waals surface area contributed by atoms with Gasteiger partial charge < -0.3 is 30.3 Å². The first kappa shape index (κ1) is 21.0. The number of rotatable bonds is 5. The van der Waals surface area contributed by atoms with E-state index in [0.717, 1.165) is 11.1 Å². The molecule has 0 bridgehead atoms. The van der Waals surface area contributed by atoms with Crippen LogP contribution in [0.15, 0.2) is 49.0 Å². The van der Waals surface area contributed by atoms with Gasteiger partial charge in [-0.1, -0.05) is 54.6 Å². The molecule has 150 valence electrons. The fraction of sp³-hybridized carbons (Fsp3) is 0.333. The molecule has 7 heteroatoms. The van der Waals surface area contributed by atoms with Gasteiger partial charge >= 0.3 is 0 Å². The van der Waals surface area contributed by atoms with Crippen LogP contribution in [0, 0.1) is 0 Å². The third-order valence-corrected chi connectivity index (χ3v) is 5.40. The zero-order valence-electron chi connectivity index (χ0n) is 15.1. The van der Waals surface area contributed by atoms with Crippen LogP contribution in [0.2, 0.25) is 5.02 Å². The summed E-state index contributed by atoms with van der Waals surface area (Å²) in [6.07, 6.45) is -4.09. The zero-order chi connectivity index (χ0) is 20.5. The van der Waals surface area contributed by atoms with Crippen molar-refractivity contribution >= 4 is 17.7 Å². The minimum absolute atomic E-state index is 0.159. The maximum absolute atomic E-state index is 10.9. The highest BCUT2D eigenvalue weighted by molar-refractivity contribution is 6.31. The standard InChI is InChI=1S/C21H23ClO6/c1-2-12-3-5-13(6-4-12)9-14-10-15(7-8-16(14)22)21(27)20(26)19(25)18(24)17(11-23)28-21/h2-8,10,17-20,23-27H,1,9,11H2. The highest BCUT2D eigenvalue weighted by Gasteiger charge is 2.53. The van der Waals surface area contributed by atoms with Gasteiger partial charge in [-0.2, -0.15) is 0 Å². The van der Waals surface area contributed by atoms with Gasteiger partial charge in [-0.05, 0) is 35.2 Å². The summed E-state index contributed by atoms with van der Waals surface area (Å²) < 4.78 is 5.37. The minimum atomic E-state index is -2.31. The molecule has 5 atom stereocenters. The van der Waals surface area contributed by atoms with Crippen LogP contribution in [-0.2, 0) is 16.9 Å². The van der Waals surface area contributed by atoms with E-state index in [4.69, 9.17) is 16.3 Å². The number of hydrogen-bond donors (Lipinski definition) is 5. The Kier molecular flexibility index (Phi) is 6.21. The number of aliphatic hydroxyl groups is 5. The smallest absolute Gasteiger partial charge is 0.222 e. The zero-order valence-corrected chi connectivity index (χ0v) is 15.8. The molecule has 0 aliphatic carbocycles. The maximum Gasteiger partial charge on any atom is 0.222 e. The lowest BCUT2D eigenvalue weighted by molar-refractivity contribution is -0.357. The first-order valence-corrected chi connectivity index (χ1v) is 9.23. The van der Waals surface area contributed by atoms with Gasteiger partial charge in [0, 0.05) is 10.6 Å². The fourth-order valence-corrected chi connectivity index (χ4v) is 3.50. The van der Waals surface area contributed by atoms with E-state index in [0.29, 0.717) is 17.0 Å². The molecule has 1 fully saturated rings. The van der Waals surface area contributed by atoms with Crippen LogP contribution in [0.5, 0.6) is 0 Å². The van der Waals surface area contributed by atoms with E-state index in [9.17, 15) is 25.5 Å². The summed E-state index contributed by atoms with van der Waals surface area (Å²) in [6, 6.07) is 12.3. The Balaban J connectivity index is 1.93. The molecule has 0 radical (unpaired) electrons. The predicted molar refractivity (Wildman–Crippen MR) is 105 cm³/mol. The summed E-state index contributed by atoms with van der Waals surface area (Å²) >= 11 is 6.30. The van der Waals surface area contributed by atoms with Crippen molar-refractivity contribution in [2.75, 3.05) is 6.61 Å². The van der Waals surface area contributed by atoms with Crippen LogP contribution in [-0.4, -0.2) is 56.6 Å². The lowest BCUT2D eigenvalue weighted by Crippen LogP contribution is -2.63. The maximum atomic E-state index is 10.9. The van der Waals surface area contributed by atoms with Crippen molar-refractivity contribution in [2.24, 2.45) is 0 Å². The van der Waals surface area contributed by atoms with E-state index < -0.39 is 36.8 Å². The van der Waals surface area contributed by atoms with Crippen molar-refractivity contribution < 1.29 is 30.3 Å². The van der Waals surface area contributed by atoms with Crippen molar-refractivity contribution in [2.45, 2.75) is 36.6 Å². The number of benzene rings is 2. The number of hydrogen-bond acceptors (Lipinski definition) is 6. The highest BCUT2D eigenvalue weighted by atomic mass is 35.5. The Labute approximate surface area is 167 Å². The SMILES string of the molecule is C=Cc1ccc(Cc2cc(C3(O)OC(CO)C(O)C(O)C3O)ccc2Cl)cc1. The minimum Gasteiger partial charge on any atom is -0.394 e. The molecule has 6 nitrogen and oxygen atoms in total. The first-order chi connectivity index (χ1) is 13.3. The van der Waals surface area contributed by atoms with E-state index in [1.165, 1.54) is 6.07 Å². The van der Waals surface area contributed by atoms with Gasteiger partial charge in [0.15, 0.2) is 0 Å². The number of aliphatic hydroxyl groups excluding tert-OH is 4. The van der Waals surface area contributed by atoms with Gasteiger partial charge in [0.1, 0.15) is 24.4 Å². The molecule has 3 rings (SSSR count). The lowest BCUT2D eigenvalue weighted by Gasteiger charge is -2.45. The largest absolute Gasteiger partial charge is 0.394 e. The molecule has 28 heavy (non-hydrogen) atoms. The van der Waals surface area contributed by atoms with E-state index >= 15 is 0 Å². The monoisotopic (exact) mass is 406 g/mol. The van der Waals surface area contributed by atoms with Gasteiger partial charge in [-0.25, -0.2) is 0 Å². The van der Waals surface area contributed by atoms with Gasteiger partial charge in [-0.15, -0.1) is 0 Å². The molecule has 2 aromatic rings. The molecular weight excluding hydrogens is 384 g/mol. The Morgan fingerprint density at radius 3 is 2.36 bits per heavy atom. The van der Waals surface area contributed by atoms with E-state index in [1.54, 1.807) is 18.2 Å². The Morgan fingerprint density at radius 2 is 1.75 bits per heavy atom. The van der Waals surface area contributed by atoms with Crippen LogP contribution >= 0.6 is 11.6 Å². The number of halogens is 1. The van der Waals surface area contributed by atoms with Crippen molar-refractivity contribution in [1.29, 1.82) is 0 Å². The topological polar surface area (TPSA) is 110 Å². The first-order valence-electron chi connectivity index (χ1n) is 8.85. The van der Waals surface area contributed by atoms with Crippen LogP contribution in [0.4, 0.5) is 0 Å². The van der Waals surface area contributed by atoms with E-state index in [1.807, 2.05) is 24.3 Å². The average Bonchev–Trinajstić information content (AvgIpc) is 2.71. The van der Waals surface area contributed by atoms with Crippen LogP contribution in [0.3, 0.4) is 0 Å². The van der Waals surface area contributed by atoms with E-state index in [-0.39, 0.29) is 5.56 Å². The molecule has 0 spiro atoms. The summed E-state index contributed by atoms with van der Waals surface area (Å²) in [4.78, 5) is 0. The quantitative estimate of drug-likeness (QED) is 0.510. The van der Waals surface area contributed by atoms with Crippen LogP contribution in [0.1, 0.15) is 22.3 Å². The lowest BCUT2D eigenvalue weighted by atomic mass is 9.87. The summed E-state index contributed by atoms with van der Waals surface area (Å²) in [5.41, 5.74) is 2.80. The molecule has 1 aliphatic heterocycles. The fourth-order valence-electron chi connectivity index (χ4n) is 3.32. The van der Waals surface area contributed by atoms with Gasteiger partial charge in [-0.3, -0.25) is 0 Å². The molecular formula is C21H23ClO6. The highest BCUT2D eigenvalue weighted by Crippen LogP contribution is 2.37. The third-order valence-electron chi connectivity index (χ3n) is 5.04. The number of ether oxygens (including phenoxy) is 1. The summed E-state index contributed by atoms with van der Waals surface area (Å²) in [6.45, 7) is 3.08. The second kappa shape index (κ2) is 8.31. The van der Waals surface area contributed by atoms with Crippen LogP contribution in [0.25, 0.3) is 6.08 Å². The van der Waals surface area contributed by atoms with Gasteiger partial charge in [0.25, 0.3) is 0 Å². The normalized spacial score (nSPS) is 30.2. The van der Waals surface area contributed by atoms with Crippen LogP contribution < -0.4 is 0 Å². The molecule has 1 aliphatic rings. The molecule has 5 N–H and O–H groups in total. The summed E-state index contributed by atoms with van der Waals surface area (Å²) in [5, 5.41) is 51.1. The second-order valence-corrected chi connectivity index (χ2v) is 7.30. The predicted octanol–water partition coefficient (Wildman–Crippen LogP) is 1.19. The van der Waals surface area contributed by atoms with Gasteiger partial charge in [0.05, 0.1) is 6.61 Å². The summed E-state index contributed by atoms with van der Waals surface area (Å²) in [7, 11) is 0. The Hall–Kier alpha value is -1.77. The molecule has 2 aromatic carbocycles. The molecule has 0 amide bonds. The van der Waals surface area contributed by atoms with Crippen molar-refractivity contribution in [3.05, 3.63) is 76.3 Å². The molecule has 1 heterocycles. The van der Waals surface area contributed by atoms with Crippen molar-refractivity contribution in [3.8, 4) is 0 Å². The molecule has 0 aromatic heterocycles. The molecule has 0 saturated carbocycles. The van der Waals surface area contributed by atoms with Crippen molar-refractivity contribution in [1.82, 2.24) is 0 Å². The third kappa shape index (κ3) is 3.86. The Bertz CT molecular complexity index is 837.